The van der Waals surface area contributed by atoms with E-state index in [1.54, 1.807) is 0 Å². The molecule has 2 heterocycles. The Bertz CT molecular complexity index is 573. The zero-order chi connectivity index (χ0) is 15.2. The number of carbonyl (C=O) groups is 1. The monoisotopic (exact) mass is 301 g/mol. The molecule has 7 heteroatoms. The van der Waals surface area contributed by atoms with Crippen LogP contribution in [0, 0.1) is 5.92 Å². The van der Waals surface area contributed by atoms with Crippen molar-refractivity contribution >= 4 is 11.6 Å². The smallest absolute Gasteiger partial charge is 0.420 e. The molecule has 2 bridgehead atoms. The van der Waals surface area contributed by atoms with Gasteiger partial charge >= 0.3 is 6.18 Å². The van der Waals surface area contributed by atoms with Gasteiger partial charge in [-0.05, 0) is 37.5 Å². The van der Waals surface area contributed by atoms with Crippen molar-refractivity contribution in [2.24, 2.45) is 5.92 Å². The van der Waals surface area contributed by atoms with Gasteiger partial charge in [-0.25, -0.2) is 0 Å². The average Bonchev–Trinajstić information content (AvgIpc) is 3.02. The highest BCUT2D eigenvalue weighted by atomic mass is 19.4. The molecule has 1 aromatic rings. The van der Waals surface area contributed by atoms with Crippen molar-refractivity contribution in [1.82, 2.24) is 0 Å². The normalized spacial score (nSPS) is 27.9. The minimum absolute atomic E-state index is 0.0212. The number of phenolic OH excluding ortho intramolecular Hbond substituents is 1. The number of aromatic hydroxyl groups is 1. The van der Waals surface area contributed by atoms with E-state index >= 15 is 0 Å². The van der Waals surface area contributed by atoms with Crippen LogP contribution in [-0.4, -0.2) is 23.2 Å². The maximum atomic E-state index is 12.7. The molecule has 0 spiro atoms. The van der Waals surface area contributed by atoms with Crippen molar-refractivity contribution in [3.05, 3.63) is 23.8 Å². The fourth-order valence-corrected chi connectivity index (χ4v) is 2.99. The molecule has 2 aliphatic rings. The first-order valence-electron chi connectivity index (χ1n) is 6.71. The van der Waals surface area contributed by atoms with Gasteiger partial charge in [0.1, 0.15) is 5.75 Å². The number of benzene rings is 1. The first-order valence-corrected chi connectivity index (χ1v) is 6.71. The van der Waals surface area contributed by atoms with Gasteiger partial charge in [0.2, 0.25) is 5.91 Å². The molecule has 0 radical (unpaired) electrons. The van der Waals surface area contributed by atoms with Crippen molar-refractivity contribution in [2.45, 2.75) is 37.6 Å². The predicted octanol–water partition coefficient (Wildman–Crippen LogP) is 2.92. The van der Waals surface area contributed by atoms with E-state index in [0.717, 1.165) is 25.0 Å². The number of amides is 1. The van der Waals surface area contributed by atoms with Gasteiger partial charge in [0.05, 0.1) is 23.7 Å². The maximum Gasteiger partial charge on any atom is 0.420 e. The molecule has 21 heavy (non-hydrogen) atoms. The minimum atomic E-state index is -4.67. The number of alkyl halides is 3. The largest absolute Gasteiger partial charge is 0.507 e. The molecule has 1 amide bonds. The number of halogens is 3. The maximum absolute atomic E-state index is 12.7. The molecule has 1 aromatic carbocycles. The lowest BCUT2D eigenvalue weighted by Gasteiger charge is -2.18. The number of nitrogens with one attached hydrogen (secondary N) is 1. The summed E-state index contributed by atoms with van der Waals surface area (Å²) in [6, 6.07) is 2.91. The van der Waals surface area contributed by atoms with Gasteiger partial charge in [-0.2, -0.15) is 13.2 Å². The predicted molar refractivity (Wildman–Crippen MR) is 67.7 cm³/mol. The summed E-state index contributed by atoms with van der Waals surface area (Å²) in [5.74, 6) is -1.50. The zero-order valence-corrected chi connectivity index (χ0v) is 11.0. The minimum Gasteiger partial charge on any atom is -0.507 e. The number of carbonyl (C=O) groups excluding carboxylic acids is 1. The van der Waals surface area contributed by atoms with Crippen molar-refractivity contribution < 1.29 is 27.8 Å². The van der Waals surface area contributed by atoms with E-state index in [4.69, 9.17) is 4.74 Å². The van der Waals surface area contributed by atoms with Gasteiger partial charge in [0.15, 0.2) is 0 Å². The van der Waals surface area contributed by atoms with Gasteiger partial charge in [-0.15, -0.1) is 0 Å². The third-order valence-electron chi connectivity index (χ3n) is 4.01. The summed E-state index contributed by atoms with van der Waals surface area (Å²) in [7, 11) is 0. The number of rotatable bonds is 2. The second kappa shape index (κ2) is 4.91. The summed E-state index contributed by atoms with van der Waals surface area (Å²) in [4.78, 5) is 12.1. The van der Waals surface area contributed by atoms with Gasteiger partial charge in [0.25, 0.3) is 0 Å². The molecule has 0 aromatic heterocycles. The Labute approximate surface area is 118 Å². The van der Waals surface area contributed by atoms with Crippen LogP contribution in [0.4, 0.5) is 18.9 Å². The van der Waals surface area contributed by atoms with E-state index in [9.17, 15) is 23.1 Å². The van der Waals surface area contributed by atoms with Crippen LogP contribution in [0.2, 0.25) is 0 Å². The molecule has 2 N–H and O–H groups in total. The number of hydrogen-bond donors (Lipinski definition) is 2. The first-order chi connectivity index (χ1) is 9.84. The third kappa shape index (κ3) is 2.70. The standard InChI is InChI=1S/C14H14F3NO3/c15-14(16,17)10-5-7(1-3-11(10)19)18-13(20)9-6-8-2-4-12(9)21-8/h1,3,5,8-9,12,19H,2,4,6H2,(H,18,20). The molecule has 4 nitrogen and oxygen atoms in total. The Kier molecular flexibility index (Phi) is 3.32. The Balaban J connectivity index is 1.75. The Morgan fingerprint density at radius 3 is 2.67 bits per heavy atom. The second-order valence-electron chi connectivity index (χ2n) is 5.44. The van der Waals surface area contributed by atoms with Crippen LogP contribution in [0.15, 0.2) is 18.2 Å². The fourth-order valence-electron chi connectivity index (χ4n) is 2.99. The fraction of sp³-hybridized carbons (Fsp3) is 0.500. The number of anilines is 1. The molecular weight excluding hydrogens is 287 g/mol. The topological polar surface area (TPSA) is 58.6 Å². The van der Waals surface area contributed by atoms with Crippen LogP contribution in [0.25, 0.3) is 0 Å². The van der Waals surface area contributed by atoms with Crippen LogP contribution in [0.1, 0.15) is 24.8 Å². The molecule has 2 saturated heterocycles. The van der Waals surface area contributed by atoms with E-state index in [2.05, 4.69) is 5.32 Å². The van der Waals surface area contributed by atoms with E-state index in [-0.39, 0.29) is 29.7 Å². The number of phenols is 1. The zero-order valence-electron chi connectivity index (χ0n) is 11.0. The molecule has 114 valence electrons. The Morgan fingerprint density at radius 2 is 2.10 bits per heavy atom. The molecule has 2 aliphatic heterocycles. The van der Waals surface area contributed by atoms with Crippen molar-refractivity contribution in [3.8, 4) is 5.75 Å². The highest BCUT2D eigenvalue weighted by Gasteiger charge is 2.44. The molecular formula is C14H14F3NO3. The summed E-state index contributed by atoms with van der Waals surface area (Å²) in [5, 5.41) is 11.7. The molecule has 3 rings (SSSR count). The number of hydrogen-bond acceptors (Lipinski definition) is 3. The van der Waals surface area contributed by atoms with Crippen LogP contribution in [0.5, 0.6) is 5.75 Å². The SMILES string of the molecule is O=C(Nc1ccc(O)c(C(F)(F)F)c1)C1CC2CCC1O2. The van der Waals surface area contributed by atoms with E-state index < -0.39 is 17.5 Å². The summed E-state index contributed by atoms with van der Waals surface area (Å²) < 4.78 is 43.7. The molecule has 2 fully saturated rings. The van der Waals surface area contributed by atoms with Crippen molar-refractivity contribution in [2.75, 3.05) is 5.32 Å². The van der Waals surface area contributed by atoms with Crippen molar-refractivity contribution in [1.29, 1.82) is 0 Å². The lowest BCUT2D eigenvalue weighted by atomic mass is 9.88. The Morgan fingerprint density at radius 1 is 1.33 bits per heavy atom. The number of ether oxygens (including phenoxy) is 1. The van der Waals surface area contributed by atoms with Gasteiger partial charge in [0, 0.05) is 5.69 Å². The van der Waals surface area contributed by atoms with Gasteiger partial charge < -0.3 is 15.2 Å². The molecule has 0 saturated carbocycles. The van der Waals surface area contributed by atoms with E-state index in [1.807, 2.05) is 0 Å². The summed E-state index contributed by atoms with van der Waals surface area (Å²) in [6.07, 6.45) is -2.34. The summed E-state index contributed by atoms with van der Waals surface area (Å²) in [6.45, 7) is 0. The first kappa shape index (κ1) is 14.2. The third-order valence-corrected chi connectivity index (χ3v) is 4.01. The van der Waals surface area contributed by atoms with Crippen LogP contribution >= 0.6 is 0 Å². The lowest BCUT2D eigenvalue weighted by Crippen LogP contribution is -2.30. The average molecular weight is 301 g/mol. The molecule has 3 unspecified atom stereocenters. The number of fused-ring (bicyclic) bond motifs is 2. The quantitative estimate of drug-likeness (QED) is 0.826. The lowest BCUT2D eigenvalue weighted by molar-refractivity contribution is -0.138. The highest BCUT2D eigenvalue weighted by Crippen LogP contribution is 2.40. The van der Waals surface area contributed by atoms with Gasteiger partial charge in [-0.3, -0.25) is 4.79 Å². The molecule has 0 aliphatic carbocycles. The Hall–Kier alpha value is -1.76. The summed E-state index contributed by atoms with van der Waals surface area (Å²) in [5.41, 5.74) is -1.14. The van der Waals surface area contributed by atoms with Crippen LogP contribution < -0.4 is 5.32 Å². The van der Waals surface area contributed by atoms with E-state index in [1.165, 1.54) is 6.07 Å². The van der Waals surface area contributed by atoms with Gasteiger partial charge in [-0.1, -0.05) is 0 Å². The molecule has 3 atom stereocenters. The van der Waals surface area contributed by atoms with Crippen molar-refractivity contribution in [3.63, 3.8) is 0 Å². The highest BCUT2D eigenvalue weighted by molar-refractivity contribution is 5.93. The second-order valence-corrected chi connectivity index (χ2v) is 5.44. The van der Waals surface area contributed by atoms with Crippen LogP contribution in [0.3, 0.4) is 0 Å². The summed E-state index contributed by atoms with van der Waals surface area (Å²) >= 11 is 0. The van der Waals surface area contributed by atoms with E-state index in [0.29, 0.717) is 6.42 Å². The van der Waals surface area contributed by atoms with Crippen LogP contribution in [-0.2, 0) is 15.7 Å².